The molecule has 148 valence electrons. The van der Waals surface area contributed by atoms with E-state index in [1.165, 1.54) is 0 Å². The maximum absolute atomic E-state index is 13.0. The van der Waals surface area contributed by atoms with Gasteiger partial charge in [0.15, 0.2) is 0 Å². The number of hydrogen-bond acceptors (Lipinski definition) is 2. The Labute approximate surface area is 156 Å². The summed E-state index contributed by atoms with van der Waals surface area (Å²) >= 11 is 0. The van der Waals surface area contributed by atoms with E-state index in [1.54, 1.807) is 30.3 Å². The van der Waals surface area contributed by atoms with Crippen LogP contribution in [0.15, 0.2) is 48.5 Å². The third-order valence-corrected chi connectivity index (χ3v) is 3.42. The van der Waals surface area contributed by atoms with Gasteiger partial charge in [-0.05, 0) is 17.7 Å². The van der Waals surface area contributed by atoms with E-state index in [4.69, 9.17) is 4.74 Å². The zero-order valence-corrected chi connectivity index (χ0v) is 14.1. The normalized spacial score (nSPS) is 11.4. The highest BCUT2D eigenvalue weighted by Crippen LogP contribution is 2.38. The molecule has 2 rings (SSSR count). The van der Waals surface area contributed by atoms with Crippen LogP contribution in [0.4, 0.5) is 31.1 Å². The minimum Gasteiger partial charge on any atom is -0.445 e. The van der Waals surface area contributed by atoms with Crippen LogP contribution >= 0.6 is 0 Å². The number of carbonyl (C=O) groups is 1. The third kappa shape index (κ3) is 5.94. The highest BCUT2D eigenvalue weighted by Gasteiger charge is 2.40. The van der Waals surface area contributed by atoms with Crippen molar-refractivity contribution in [3.8, 4) is 11.8 Å². The van der Waals surface area contributed by atoms with Gasteiger partial charge in [-0.2, -0.15) is 26.3 Å². The molecule has 0 aliphatic carbocycles. The minimum atomic E-state index is -5.01. The molecule has 0 unspecified atom stereocenters. The number of carbonyl (C=O) groups excluding carboxylic acids is 1. The van der Waals surface area contributed by atoms with E-state index in [0.29, 0.717) is 23.8 Å². The molecule has 0 saturated heterocycles. The smallest absolute Gasteiger partial charge is 0.417 e. The van der Waals surface area contributed by atoms with Crippen molar-refractivity contribution < 1.29 is 35.9 Å². The average molecular weight is 401 g/mol. The average Bonchev–Trinajstić information content (AvgIpc) is 2.62. The first-order chi connectivity index (χ1) is 13.1. The second kappa shape index (κ2) is 8.69. The molecule has 0 heterocycles. The fourth-order valence-corrected chi connectivity index (χ4v) is 2.18. The topological polar surface area (TPSA) is 38.3 Å². The van der Waals surface area contributed by atoms with Crippen LogP contribution in [0.3, 0.4) is 0 Å². The van der Waals surface area contributed by atoms with Crippen LogP contribution in [0, 0.1) is 11.8 Å². The molecule has 2 aromatic rings. The van der Waals surface area contributed by atoms with Crippen molar-refractivity contribution in [2.24, 2.45) is 0 Å². The van der Waals surface area contributed by atoms with Crippen molar-refractivity contribution in [3.05, 3.63) is 70.8 Å². The first-order valence-corrected chi connectivity index (χ1v) is 7.80. The predicted octanol–water partition coefficient (Wildman–Crippen LogP) is 5.00. The van der Waals surface area contributed by atoms with Crippen LogP contribution in [0.5, 0.6) is 0 Å². The van der Waals surface area contributed by atoms with Gasteiger partial charge < -0.3 is 10.1 Å². The third-order valence-electron chi connectivity index (χ3n) is 3.42. The maximum atomic E-state index is 13.0. The van der Waals surface area contributed by atoms with Gasteiger partial charge in [-0.1, -0.05) is 48.2 Å². The molecular formula is C19H13F6NO2. The molecule has 9 heteroatoms. The van der Waals surface area contributed by atoms with Crippen LogP contribution in [0.1, 0.15) is 22.3 Å². The highest BCUT2D eigenvalue weighted by molar-refractivity contribution is 5.67. The maximum Gasteiger partial charge on any atom is 0.417 e. The van der Waals surface area contributed by atoms with Crippen molar-refractivity contribution in [2.75, 3.05) is 6.54 Å². The molecule has 1 N–H and O–H groups in total. The van der Waals surface area contributed by atoms with Gasteiger partial charge in [-0.15, -0.1) is 0 Å². The van der Waals surface area contributed by atoms with Gasteiger partial charge in [0.25, 0.3) is 0 Å². The van der Waals surface area contributed by atoms with E-state index in [9.17, 15) is 31.1 Å². The van der Waals surface area contributed by atoms with Crippen LogP contribution < -0.4 is 5.32 Å². The number of ether oxygens (including phenoxy) is 1. The molecule has 0 bridgehead atoms. The number of rotatable bonds is 3. The van der Waals surface area contributed by atoms with E-state index in [-0.39, 0.29) is 6.61 Å². The fraction of sp³-hybridized carbons (Fsp3) is 0.211. The summed E-state index contributed by atoms with van der Waals surface area (Å²) in [4.78, 5) is 11.5. The zero-order valence-electron chi connectivity index (χ0n) is 14.1. The molecule has 2 aromatic carbocycles. The van der Waals surface area contributed by atoms with Gasteiger partial charge >= 0.3 is 18.4 Å². The Morgan fingerprint density at radius 2 is 1.46 bits per heavy atom. The van der Waals surface area contributed by atoms with Gasteiger partial charge in [0, 0.05) is 5.56 Å². The largest absolute Gasteiger partial charge is 0.445 e. The number of amides is 1. The molecule has 0 saturated carbocycles. The second-order valence-corrected chi connectivity index (χ2v) is 5.44. The molecule has 1 amide bonds. The summed E-state index contributed by atoms with van der Waals surface area (Å²) in [5.41, 5.74) is -3.48. The van der Waals surface area contributed by atoms with E-state index >= 15 is 0 Å². The fourth-order valence-electron chi connectivity index (χ4n) is 2.18. The highest BCUT2D eigenvalue weighted by atomic mass is 19.4. The summed E-state index contributed by atoms with van der Waals surface area (Å²) in [5.74, 6) is 3.96. The Morgan fingerprint density at radius 1 is 0.893 bits per heavy atom. The Kier molecular flexibility index (Phi) is 6.57. The lowest BCUT2D eigenvalue weighted by atomic mass is 10.0. The number of nitrogens with one attached hydrogen (secondary N) is 1. The number of hydrogen-bond donors (Lipinski definition) is 1. The molecule has 0 atom stereocenters. The summed E-state index contributed by atoms with van der Waals surface area (Å²) in [7, 11) is 0. The van der Waals surface area contributed by atoms with E-state index in [1.807, 2.05) is 5.92 Å². The van der Waals surface area contributed by atoms with E-state index in [2.05, 4.69) is 11.2 Å². The van der Waals surface area contributed by atoms with Gasteiger partial charge in [-0.3, -0.25) is 0 Å². The monoisotopic (exact) mass is 401 g/mol. The molecule has 28 heavy (non-hydrogen) atoms. The Hall–Kier alpha value is -3.15. The standard InChI is InChI=1S/C19H13F6NO2/c20-18(21,22)15-9-4-10-16(19(23,24)25)14(15)8-5-11-26-17(27)28-12-13-6-2-1-3-7-13/h1-4,6-7,9-10H,11-12H2,(H,26,27). The minimum absolute atomic E-state index is 0.0464. The summed E-state index contributed by atoms with van der Waals surface area (Å²) in [6, 6.07) is 10.3. The molecule has 0 radical (unpaired) electrons. The molecule has 0 spiro atoms. The lowest BCUT2D eigenvalue weighted by molar-refractivity contribution is -0.143. The Balaban J connectivity index is 2.07. The van der Waals surface area contributed by atoms with Crippen molar-refractivity contribution in [1.29, 1.82) is 0 Å². The Bertz CT molecular complexity index is 847. The van der Waals surface area contributed by atoms with Crippen LogP contribution in [-0.2, 0) is 23.7 Å². The van der Waals surface area contributed by atoms with Crippen molar-refractivity contribution >= 4 is 6.09 Å². The predicted molar refractivity (Wildman–Crippen MR) is 88.0 cm³/mol. The van der Waals surface area contributed by atoms with E-state index < -0.39 is 41.7 Å². The number of alkyl halides is 6. The summed E-state index contributed by atoms with van der Waals surface area (Å²) < 4.78 is 82.8. The summed E-state index contributed by atoms with van der Waals surface area (Å²) in [6.07, 6.45) is -10.9. The number of halogens is 6. The van der Waals surface area contributed by atoms with E-state index in [0.717, 1.165) is 0 Å². The first kappa shape index (κ1) is 21.2. The van der Waals surface area contributed by atoms with Gasteiger partial charge in [0.05, 0.1) is 17.7 Å². The number of alkyl carbamates (subject to hydrolysis) is 1. The van der Waals surface area contributed by atoms with Crippen LogP contribution in [0.25, 0.3) is 0 Å². The zero-order chi connectivity index (χ0) is 20.8. The first-order valence-electron chi connectivity index (χ1n) is 7.80. The summed E-state index contributed by atoms with van der Waals surface area (Å²) in [6.45, 7) is -0.535. The molecule has 0 aliphatic rings. The molecule has 3 nitrogen and oxygen atoms in total. The van der Waals surface area contributed by atoms with Gasteiger partial charge in [0.2, 0.25) is 0 Å². The lowest BCUT2D eigenvalue weighted by Gasteiger charge is -2.15. The van der Waals surface area contributed by atoms with Gasteiger partial charge in [-0.25, -0.2) is 4.79 Å². The molecule has 0 fully saturated rings. The molecule has 0 aliphatic heterocycles. The summed E-state index contributed by atoms with van der Waals surface area (Å²) in [5, 5.41) is 2.14. The second-order valence-electron chi connectivity index (χ2n) is 5.44. The SMILES string of the molecule is O=C(NCC#Cc1c(C(F)(F)F)cccc1C(F)(F)F)OCc1ccccc1. The van der Waals surface area contributed by atoms with Crippen molar-refractivity contribution in [2.45, 2.75) is 19.0 Å². The number of benzene rings is 2. The Morgan fingerprint density at radius 3 is 2.00 bits per heavy atom. The van der Waals surface area contributed by atoms with Crippen molar-refractivity contribution in [3.63, 3.8) is 0 Å². The molecular weight excluding hydrogens is 388 g/mol. The molecule has 0 aromatic heterocycles. The van der Waals surface area contributed by atoms with Crippen LogP contribution in [0.2, 0.25) is 0 Å². The quantitative estimate of drug-likeness (QED) is 0.581. The van der Waals surface area contributed by atoms with Crippen molar-refractivity contribution in [1.82, 2.24) is 5.32 Å². The van der Waals surface area contributed by atoms with Gasteiger partial charge in [0.1, 0.15) is 6.61 Å². The lowest BCUT2D eigenvalue weighted by Crippen LogP contribution is -2.24. The van der Waals surface area contributed by atoms with Crippen LogP contribution in [-0.4, -0.2) is 12.6 Å².